The average molecular weight is 185 g/mol. The molecule has 0 fully saturated rings. The summed E-state index contributed by atoms with van der Waals surface area (Å²) in [5.74, 6) is 0. The summed E-state index contributed by atoms with van der Waals surface area (Å²) < 4.78 is 0. The van der Waals surface area contributed by atoms with Gasteiger partial charge in [-0.05, 0) is 24.8 Å². The highest BCUT2D eigenvalue weighted by molar-refractivity contribution is 6.47. The molecule has 1 aliphatic carbocycles. The molecule has 1 aliphatic rings. The second-order valence-electron chi connectivity index (χ2n) is 2.08. The first-order valence-corrected chi connectivity index (χ1v) is 4.12. The van der Waals surface area contributed by atoms with Crippen LogP contribution in [0.5, 0.6) is 0 Å². The summed E-state index contributed by atoms with van der Waals surface area (Å²) in [6.45, 7) is 0. The van der Waals surface area contributed by atoms with Crippen molar-refractivity contribution >= 4 is 34.8 Å². The summed E-state index contributed by atoms with van der Waals surface area (Å²) >= 11 is 17.0. The lowest BCUT2D eigenvalue weighted by Crippen LogP contribution is -1.89. The maximum absolute atomic E-state index is 5.78. The zero-order chi connectivity index (χ0) is 6.85. The second-order valence-corrected chi connectivity index (χ2v) is 3.64. The standard InChI is InChI=1S/C6H7Cl3/c7-5-3-1-2-4(5)6(8)9/h6H,1-3H2. The van der Waals surface area contributed by atoms with Crippen LogP contribution in [-0.2, 0) is 0 Å². The number of rotatable bonds is 1. The van der Waals surface area contributed by atoms with Crippen LogP contribution in [0, 0.1) is 0 Å². The van der Waals surface area contributed by atoms with E-state index in [0.29, 0.717) is 0 Å². The zero-order valence-electron chi connectivity index (χ0n) is 4.83. The van der Waals surface area contributed by atoms with E-state index in [2.05, 4.69) is 0 Å². The molecule has 0 N–H and O–H groups in total. The number of hydrogen-bond donors (Lipinski definition) is 0. The van der Waals surface area contributed by atoms with Gasteiger partial charge in [-0.25, -0.2) is 0 Å². The van der Waals surface area contributed by atoms with E-state index in [9.17, 15) is 0 Å². The Bertz CT molecular complexity index is 137. The van der Waals surface area contributed by atoms with Crippen LogP contribution in [0.2, 0.25) is 0 Å². The molecule has 0 saturated heterocycles. The molecule has 52 valence electrons. The van der Waals surface area contributed by atoms with Gasteiger partial charge < -0.3 is 0 Å². The lowest BCUT2D eigenvalue weighted by Gasteiger charge is -2.00. The Kier molecular flexibility index (Phi) is 2.69. The third-order valence-electron chi connectivity index (χ3n) is 1.45. The van der Waals surface area contributed by atoms with Gasteiger partial charge in [0.05, 0.1) is 0 Å². The van der Waals surface area contributed by atoms with Gasteiger partial charge in [-0.15, -0.1) is 23.2 Å². The Labute approximate surface area is 69.8 Å². The van der Waals surface area contributed by atoms with Crippen LogP contribution in [0.1, 0.15) is 19.3 Å². The second kappa shape index (κ2) is 3.14. The molecule has 0 heterocycles. The maximum Gasteiger partial charge on any atom is 0.130 e. The minimum Gasteiger partial charge on any atom is -0.100 e. The summed E-state index contributed by atoms with van der Waals surface area (Å²) in [6, 6.07) is 0. The largest absolute Gasteiger partial charge is 0.130 e. The molecule has 9 heavy (non-hydrogen) atoms. The Morgan fingerprint density at radius 3 is 2.11 bits per heavy atom. The molecule has 0 aromatic rings. The molecule has 0 saturated carbocycles. The Morgan fingerprint density at radius 1 is 1.22 bits per heavy atom. The first-order valence-electron chi connectivity index (χ1n) is 2.87. The molecular formula is C6H7Cl3. The van der Waals surface area contributed by atoms with Crippen molar-refractivity contribution < 1.29 is 0 Å². The molecule has 0 unspecified atom stereocenters. The van der Waals surface area contributed by atoms with E-state index in [1.165, 1.54) is 0 Å². The van der Waals surface area contributed by atoms with Crippen molar-refractivity contribution in [1.29, 1.82) is 0 Å². The third-order valence-corrected chi connectivity index (χ3v) is 2.41. The smallest absolute Gasteiger partial charge is 0.100 e. The quantitative estimate of drug-likeness (QED) is 0.549. The van der Waals surface area contributed by atoms with Crippen molar-refractivity contribution in [3.63, 3.8) is 0 Å². The topological polar surface area (TPSA) is 0 Å². The zero-order valence-corrected chi connectivity index (χ0v) is 7.10. The summed E-state index contributed by atoms with van der Waals surface area (Å²) in [5.41, 5.74) is 1.01. The molecule has 1 rings (SSSR count). The van der Waals surface area contributed by atoms with Gasteiger partial charge in [0.15, 0.2) is 0 Å². The van der Waals surface area contributed by atoms with Crippen molar-refractivity contribution in [2.75, 3.05) is 0 Å². The van der Waals surface area contributed by atoms with E-state index in [1.54, 1.807) is 0 Å². The predicted molar refractivity (Wildman–Crippen MR) is 42.2 cm³/mol. The van der Waals surface area contributed by atoms with E-state index >= 15 is 0 Å². The fraction of sp³-hybridized carbons (Fsp3) is 0.667. The molecule has 0 bridgehead atoms. The average Bonchev–Trinajstić information content (AvgIpc) is 2.13. The normalized spacial score (nSPS) is 20.0. The van der Waals surface area contributed by atoms with Crippen LogP contribution < -0.4 is 0 Å². The summed E-state index contributed by atoms with van der Waals surface area (Å²) in [7, 11) is 0. The van der Waals surface area contributed by atoms with Gasteiger partial charge in [0.25, 0.3) is 0 Å². The van der Waals surface area contributed by atoms with Crippen LogP contribution >= 0.6 is 34.8 Å². The van der Waals surface area contributed by atoms with Gasteiger partial charge in [0.1, 0.15) is 4.84 Å². The molecule has 0 atom stereocenters. The summed E-state index contributed by atoms with van der Waals surface area (Å²) in [6.07, 6.45) is 3.02. The molecule has 0 spiro atoms. The monoisotopic (exact) mass is 184 g/mol. The fourth-order valence-corrected chi connectivity index (χ4v) is 1.89. The Hall–Kier alpha value is 0.610. The van der Waals surface area contributed by atoms with Crippen molar-refractivity contribution in [3.05, 3.63) is 10.6 Å². The van der Waals surface area contributed by atoms with Crippen LogP contribution in [-0.4, -0.2) is 4.84 Å². The minimum absolute atomic E-state index is 0.389. The number of halogens is 3. The van der Waals surface area contributed by atoms with Crippen LogP contribution in [0.4, 0.5) is 0 Å². The highest BCUT2D eigenvalue weighted by atomic mass is 35.5. The van der Waals surface area contributed by atoms with Crippen LogP contribution in [0.15, 0.2) is 10.6 Å². The van der Waals surface area contributed by atoms with Gasteiger partial charge in [-0.2, -0.15) is 0 Å². The van der Waals surface area contributed by atoms with Crippen molar-refractivity contribution in [2.24, 2.45) is 0 Å². The van der Waals surface area contributed by atoms with Crippen LogP contribution in [0.3, 0.4) is 0 Å². The molecular weight excluding hydrogens is 178 g/mol. The van der Waals surface area contributed by atoms with Gasteiger partial charge >= 0.3 is 0 Å². The predicted octanol–water partition coefficient (Wildman–Crippen LogP) is 3.47. The molecule has 0 nitrogen and oxygen atoms in total. The summed E-state index contributed by atoms with van der Waals surface area (Å²) in [5, 5.41) is 0.866. The Balaban J connectivity index is 2.66. The molecule has 0 aromatic carbocycles. The molecule has 0 radical (unpaired) electrons. The molecule has 3 heteroatoms. The van der Waals surface area contributed by atoms with Gasteiger partial charge in [-0.3, -0.25) is 0 Å². The van der Waals surface area contributed by atoms with Crippen LogP contribution in [0.25, 0.3) is 0 Å². The lowest BCUT2D eigenvalue weighted by molar-refractivity contribution is 0.899. The first kappa shape index (κ1) is 7.71. The minimum atomic E-state index is -0.389. The maximum atomic E-state index is 5.78. The van der Waals surface area contributed by atoms with Crippen molar-refractivity contribution in [1.82, 2.24) is 0 Å². The molecule has 0 amide bonds. The summed E-state index contributed by atoms with van der Waals surface area (Å²) in [4.78, 5) is -0.389. The van der Waals surface area contributed by atoms with E-state index in [0.717, 1.165) is 29.9 Å². The van der Waals surface area contributed by atoms with Crippen molar-refractivity contribution in [3.8, 4) is 0 Å². The highest BCUT2D eigenvalue weighted by Gasteiger charge is 2.17. The van der Waals surface area contributed by atoms with E-state index < -0.39 is 0 Å². The van der Waals surface area contributed by atoms with Gasteiger partial charge in [0.2, 0.25) is 0 Å². The SMILES string of the molecule is ClC1=C(C(Cl)Cl)CCC1. The van der Waals surface area contributed by atoms with E-state index in [1.807, 2.05) is 0 Å². The molecule has 0 aromatic heterocycles. The first-order chi connectivity index (χ1) is 4.22. The number of hydrogen-bond acceptors (Lipinski definition) is 0. The van der Waals surface area contributed by atoms with E-state index in [-0.39, 0.29) is 4.84 Å². The number of alkyl halides is 2. The van der Waals surface area contributed by atoms with Gasteiger partial charge in [-0.1, -0.05) is 11.6 Å². The van der Waals surface area contributed by atoms with Crippen molar-refractivity contribution in [2.45, 2.75) is 24.1 Å². The number of allylic oxidation sites excluding steroid dienone is 2. The third kappa shape index (κ3) is 1.76. The fourth-order valence-electron chi connectivity index (χ4n) is 0.958. The Morgan fingerprint density at radius 2 is 1.89 bits per heavy atom. The lowest BCUT2D eigenvalue weighted by atomic mass is 10.3. The highest BCUT2D eigenvalue weighted by Crippen LogP contribution is 2.34. The van der Waals surface area contributed by atoms with Gasteiger partial charge in [0, 0.05) is 5.03 Å². The molecule has 0 aliphatic heterocycles. The van der Waals surface area contributed by atoms with E-state index in [4.69, 9.17) is 34.8 Å².